The van der Waals surface area contributed by atoms with Crippen molar-refractivity contribution in [2.24, 2.45) is 0 Å². The molecular formula is C26H23FN4O5. The summed E-state index contributed by atoms with van der Waals surface area (Å²) in [5.41, 5.74) is 2.87. The maximum atomic E-state index is 13.8. The summed E-state index contributed by atoms with van der Waals surface area (Å²) >= 11 is 0. The lowest BCUT2D eigenvalue weighted by molar-refractivity contribution is 0.0143. The van der Waals surface area contributed by atoms with Crippen molar-refractivity contribution in [2.45, 2.75) is 25.4 Å². The van der Waals surface area contributed by atoms with Gasteiger partial charge in [-0.1, -0.05) is 42.0 Å². The summed E-state index contributed by atoms with van der Waals surface area (Å²) in [6, 6.07) is 14.2. The molecule has 0 radical (unpaired) electrons. The Labute approximate surface area is 205 Å². The van der Waals surface area contributed by atoms with Gasteiger partial charge in [-0.05, 0) is 30.2 Å². The van der Waals surface area contributed by atoms with Gasteiger partial charge in [0.1, 0.15) is 11.5 Å². The summed E-state index contributed by atoms with van der Waals surface area (Å²) in [5, 5.41) is 4.47. The number of fused-ring (bicyclic) bond motifs is 3. The minimum Gasteiger partial charge on any atom is -0.451 e. The Kier molecular flexibility index (Phi) is 6.24. The predicted molar refractivity (Wildman–Crippen MR) is 127 cm³/mol. The molecule has 3 heterocycles. The first kappa shape index (κ1) is 23.3. The van der Waals surface area contributed by atoms with Gasteiger partial charge in [0, 0.05) is 24.9 Å². The lowest BCUT2D eigenvalue weighted by Crippen LogP contribution is -2.33. The first-order valence-corrected chi connectivity index (χ1v) is 11.2. The second-order valence-corrected chi connectivity index (χ2v) is 8.40. The molecule has 0 saturated carbocycles. The van der Waals surface area contributed by atoms with Crippen molar-refractivity contribution in [3.8, 4) is 17.3 Å². The molecule has 1 aliphatic heterocycles. The lowest BCUT2D eigenvalue weighted by atomic mass is 9.84. The fraction of sp³-hybridized carbons (Fsp3) is 0.231. The van der Waals surface area contributed by atoms with Crippen LogP contribution < -0.4 is 10.2 Å². The SMILES string of the molecule is COC(=O)OCOc1c2n(ncc1=O)[C@@H](C(c1ccc(C)cc1)c1ccc(F)cc1)Cn1ccnc1-2. The van der Waals surface area contributed by atoms with Crippen molar-refractivity contribution in [1.29, 1.82) is 0 Å². The van der Waals surface area contributed by atoms with Crippen LogP contribution in [0.2, 0.25) is 0 Å². The van der Waals surface area contributed by atoms with Crippen LogP contribution in [0, 0.1) is 12.7 Å². The van der Waals surface area contributed by atoms with Crippen LogP contribution in [-0.4, -0.2) is 39.4 Å². The molecular weight excluding hydrogens is 467 g/mol. The molecule has 0 fully saturated rings. The molecule has 0 bridgehead atoms. The van der Waals surface area contributed by atoms with Gasteiger partial charge in [-0.15, -0.1) is 0 Å². The molecule has 1 unspecified atom stereocenters. The Morgan fingerprint density at radius 1 is 1.14 bits per heavy atom. The number of nitrogens with zero attached hydrogens (tertiary/aromatic N) is 4. The van der Waals surface area contributed by atoms with Gasteiger partial charge in [-0.2, -0.15) is 5.10 Å². The quantitative estimate of drug-likeness (QED) is 0.297. The van der Waals surface area contributed by atoms with Crippen LogP contribution in [0.1, 0.15) is 28.7 Å². The molecule has 0 spiro atoms. The van der Waals surface area contributed by atoms with E-state index in [0.29, 0.717) is 18.1 Å². The molecule has 4 aromatic rings. The van der Waals surface area contributed by atoms with Gasteiger partial charge in [0.05, 0.1) is 19.3 Å². The molecule has 2 aromatic heterocycles. The number of benzene rings is 2. The first-order chi connectivity index (χ1) is 17.5. The van der Waals surface area contributed by atoms with Crippen molar-refractivity contribution < 1.29 is 23.4 Å². The number of hydrogen-bond donors (Lipinski definition) is 0. The summed E-state index contributed by atoms with van der Waals surface area (Å²) in [7, 11) is 1.17. The summed E-state index contributed by atoms with van der Waals surface area (Å²) in [6.45, 7) is 1.98. The summed E-state index contributed by atoms with van der Waals surface area (Å²) in [5.74, 6) is -0.126. The molecule has 36 heavy (non-hydrogen) atoms. The number of rotatable bonds is 6. The highest BCUT2D eigenvalue weighted by molar-refractivity contribution is 5.62. The summed E-state index contributed by atoms with van der Waals surface area (Å²) in [6.07, 6.45) is 3.68. The maximum Gasteiger partial charge on any atom is 0.510 e. The number of imidazole rings is 1. The van der Waals surface area contributed by atoms with Crippen LogP contribution in [0.3, 0.4) is 0 Å². The predicted octanol–water partition coefficient (Wildman–Crippen LogP) is 4.06. The number of carbonyl (C=O) groups is 1. The highest BCUT2D eigenvalue weighted by Crippen LogP contribution is 2.42. The Morgan fingerprint density at radius 2 is 1.83 bits per heavy atom. The Balaban J connectivity index is 1.65. The zero-order valence-corrected chi connectivity index (χ0v) is 19.6. The van der Waals surface area contributed by atoms with Gasteiger partial charge in [-0.25, -0.2) is 14.2 Å². The largest absolute Gasteiger partial charge is 0.510 e. The van der Waals surface area contributed by atoms with E-state index in [-0.39, 0.29) is 23.5 Å². The van der Waals surface area contributed by atoms with E-state index in [2.05, 4.69) is 14.8 Å². The number of aromatic nitrogens is 4. The normalized spacial score (nSPS) is 14.9. The van der Waals surface area contributed by atoms with E-state index < -0.39 is 18.4 Å². The lowest BCUT2D eigenvalue weighted by Gasteiger charge is -2.35. The molecule has 10 heteroatoms. The average molecular weight is 490 g/mol. The molecule has 1 aliphatic rings. The van der Waals surface area contributed by atoms with E-state index in [9.17, 15) is 14.0 Å². The summed E-state index contributed by atoms with van der Waals surface area (Å²) in [4.78, 5) is 28.6. The smallest absolute Gasteiger partial charge is 0.451 e. The standard InChI is InChI=1S/C26H23FN4O5/c1-16-3-5-17(6-4-16)22(18-7-9-19(27)10-8-18)20-14-30-12-11-28-25(30)23-24(21(32)13-29-31(20)23)35-15-36-26(33)34-2/h3-13,20,22H,14-15H2,1-2H3/t20-,22?/m1/s1. The highest BCUT2D eigenvalue weighted by atomic mass is 19.1. The van der Waals surface area contributed by atoms with E-state index in [4.69, 9.17) is 9.47 Å². The average Bonchev–Trinajstić information content (AvgIpc) is 3.36. The van der Waals surface area contributed by atoms with E-state index >= 15 is 0 Å². The number of halogens is 1. The second-order valence-electron chi connectivity index (χ2n) is 8.40. The third-order valence-corrected chi connectivity index (χ3v) is 6.19. The van der Waals surface area contributed by atoms with Gasteiger partial charge in [0.15, 0.2) is 5.82 Å². The summed E-state index contributed by atoms with van der Waals surface area (Å²) < 4.78 is 32.3. The van der Waals surface area contributed by atoms with Gasteiger partial charge >= 0.3 is 6.16 Å². The molecule has 5 rings (SSSR count). The van der Waals surface area contributed by atoms with Crippen LogP contribution in [0.5, 0.6) is 5.75 Å². The van der Waals surface area contributed by atoms with Gasteiger partial charge in [0.25, 0.3) is 0 Å². The van der Waals surface area contributed by atoms with E-state index in [0.717, 1.165) is 16.7 Å². The third kappa shape index (κ3) is 4.33. The van der Waals surface area contributed by atoms with Crippen LogP contribution in [0.25, 0.3) is 11.5 Å². The van der Waals surface area contributed by atoms with Gasteiger partial charge in [-0.3, -0.25) is 9.48 Å². The van der Waals surface area contributed by atoms with E-state index in [1.807, 2.05) is 42.0 Å². The Morgan fingerprint density at radius 3 is 2.53 bits per heavy atom. The zero-order chi connectivity index (χ0) is 25.2. The number of hydrogen-bond acceptors (Lipinski definition) is 7. The second kappa shape index (κ2) is 9.65. The van der Waals surface area contributed by atoms with Crippen LogP contribution in [-0.2, 0) is 16.0 Å². The number of carbonyl (C=O) groups excluding carboxylic acids is 1. The Bertz CT molecular complexity index is 1400. The number of methoxy groups -OCH3 is 1. The van der Waals surface area contributed by atoms with E-state index in [1.165, 1.54) is 25.4 Å². The molecule has 184 valence electrons. The molecule has 2 aromatic carbocycles. The van der Waals surface area contributed by atoms with Crippen LogP contribution in [0.15, 0.2) is 71.9 Å². The van der Waals surface area contributed by atoms with Crippen LogP contribution in [0.4, 0.5) is 9.18 Å². The van der Waals surface area contributed by atoms with Crippen molar-refractivity contribution in [3.63, 3.8) is 0 Å². The van der Waals surface area contributed by atoms with Crippen LogP contribution >= 0.6 is 0 Å². The molecule has 9 nitrogen and oxygen atoms in total. The topological polar surface area (TPSA) is 97.5 Å². The minimum atomic E-state index is -0.937. The van der Waals surface area contributed by atoms with Crippen molar-refractivity contribution in [3.05, 3.63) is 99.9 Å². The fourth-order valence-corrected chi connectivity index (χ4v) is 4.52. The number of aryl methyl sites for hydroxylation is 1. The maximum absolute atomic E-state index is 13.8. The monoisotopic (exact) mass is 490 g/mol. The molecule has 0 amide bonds. The molecule has 2 atom stereocenters. The fourth-order valence-electron chi connectivity index (χ4n) is 4.52. The van der Waals surface area contributed by atoms with Gasteiger partial charge in [0.2, 0.25) is 18.0 Å². The molecule has 0 saturated heterocycles. The van der Waals surface area contributed by atoms with Gasteiger partial charge < -0.3 is 18.8 Å². The highest BCUT2D eigenvalue weighted by Gasteiger charge is 2.36. The van der Waals surface area contributed by atoms with Crippen molar-refractivity contribution in [1.82, 2.24) is 19.3 Å². The zero-order valence-electron chi connectivity index (χ0n) is 19.6. The van der Waals surface area contributed by atoms with Crippen molar-refractivity contribution in [2.75, 3.05) is 13.9 Å². The first-order valence-electron chi connectivity index (χ1n) is 11.2. The number of ether oxygens (including phenoxy) is 3. The minimum absolute atomic E-state index is 0.0483. The molecule has 0 N–H and O–H groups in total. The van der Waals surface area contributed by atoms with E-state index in [1.54, 1.807) is 23.0 Å². The third-order valence-electron chi connectivity index (χ3n) is 6.19. The molecule has 0 aliphatic carbocycles. The Hall–Kier alpha value is -4.47. The van der Waals surface area contributed by atoms with Crippen molar-refractivity contribution >= 4 is 6.16 Å².